The van der Waals surface area contributed by atoms with Crippen molar-refractivity contribution in [1.82, 2.24) is 4.31 Å². The van der Waals surface area contributed by atoms with Crippen LogP contribution in [0.2, 0.25) is 0 Å². The minimum absolute atomic E-state index is 0.0710. The molecule has 2 amide bonds. The summed E-state index contributed by atoms with van der Waals surface area (Å²) in [6, 6.07) is 13.9. The fraction of sp³-hybridized carbons (Fsp3) is 0.417. The largest absolute Gasteiger partial charge is 0.326 e. The molecule has 0 spiro atoms. The molecule has 1 N–H and O–H groups in total. The van der Waals surface area contributed by atoms with Gasteiger partial charge in [0.15, 0.2) is 0 Å². The number of amides is 2. The lowest BCUT2D eigenvalue weighted by molar-refractivity contribution is -0.122. The number of rotatable bonds is 5. The normalized spacial score (nSPS) is 20.2. The Bertz CT molecular complexity index is 1090. The fourth-order valence-electron chi connectivity index (χ4n) is 4.37. The van der Waals surface area contributed by atoms with Crippen molar-refractivity contribution in [1.29, 1.82) is 0 Å². The Morgan fingerprint density at radius 2 is 1.62 bits per heavy atom. The second kappa shape index (κ2) is 9.42. The van der Waals surface area contributed by atoms with Crippen molar-refractivity contribution in [2.75, 3.05) is 29.9 Å². The number of nitrogens with zero attached hydrogens (tertiary/aromatic N) is 2. The van der Waals surface area contributed by atoms with Gasteiger partial charge in [-0.1, -0.05) is 31.0 Å². The second-order valence-electron chi connectivity index (χ2n) is 8.52. The number of benzene rings is 2. The molecule has 2 fully saturated rings. The Labute approximate surface area is 189 Å². The standard InChI is InChI=1S/C24H29N3O4S/c1-18-8-4-5-9-22(18)27-17-19(16-23(27)28)24(29)25-20-10-12-21(13-11-20)32(30,31)26-14-6-2-3-7-15-26/h4-5,8-13,19H,2-3,6-7,14-17H2,1H3,(H,25,29). The van der Waals surface area contributed by atoms with Crippen molar-refractivity contribution in [3.63, 3.8) is 0 Å². The molecule has 2 heterocycles. The number of carbonyl (C=O) groups excluding carboxylic acids is 2. The number of para-hydroxylation sites is 1. The first-order valence-corrected chi connectivity index (χ1v) is 12.6. The van der Waals surface area contributed by atoms with Gasteiger partial charge in [0.2, 0.25) is 21.8 Å². The quantitative estimate of drug-likeness (QED) is 0.747. The summed E-state index contributed by atoms with van der Waals surface area (Å²) in [5.41, 5.74) is 2.34. The smallest absolute Gasteiger partial charge is 0.243 e. The average molecular weight is 456 g/mol. The van der Waals surface area contributed by atoms with E-state index in [1.807, 2.05) is 31.2 Å². The van der Waals surface area contributed by atoms with E-state index in [1.54, 1.807) is 21.3 Å². The van der Waals surface area contributed by atoms with Gasteiger partial charge >= 0.3 is 0 Å². The lowest BCUT2D eigenvalue weighted by Crippen LogP contribution is -2.32. The van der Waals surface area contributed by atoms with Crippen LogP contribution in [0.3, 0.4) is 0 Å². The van der Waals surface area contributed by atoms with Crippen LogP contribution < -0.4 is 10.2 Å². The summed E-state index contributed by atoms with van der Waals surface area (Å²) < 4.78 is 27.4. The lowest BCUT2D eigenvalue weighted by atomic mass is 10.1. The molecule has 32 heavy (non-hydrogen) atoms. The van der Waals surface area contributed by atoms with Crippen molar-refractivity contribution in [2.24, 2.45) is 5.92 Å². The zero-order valence-electron chi connectivity index (χ0n) is 18.3. The zero-order valence-corrected chi connectivity index (χ0v) is 19.1. The topological polar surface area (TPSA) is 86.8 Å². The van der Waals surface area contributed by atoms with E-state index in [0.717, 1.165) is 36.9 Å². The minimum Gasteiger partial charge on any atom is -0.326 e. The summed E-state index contributed by atoms with van der Waals surface area (Å²) in [5, 5.41) is 2.83. The first kappa shape index (κ1) is 22.5. The van der Waals surface area contributed by atoms with Gasteiger partial charge in [-0.2, -0.15) is 4.31 Å². The van der Waals surface area contributed by atoms with Crippen molar-refractivity contribution in [3.05, 3.63) is 54.1 Å². The van der Waals surface area contributed by atoms with E-state index in [2.05, 4.69) is 5.32 Å². The van der Waals surface area contributed by atoms with Crippen molar-refractivity contribution >= 4 is 33.2 Å². The molecule has 0 radical (unpaired) electrons. The molecule has 170 valence electrons. The number of hydrogen-bond acceptors (Lipinski definition) is 4. The van der Waals surface area contributed by atoms with Crippen LogP contribution in [-0.2, 0) is 19.6 Å². The predicted octanol–water partition coefficient (Wildman–Crippen LogP) is 3.55. The van der Waals surface area contributed by atoms with Gasteiger partial charge in [0, 0.05) is 37.4 Å². The zero-order chi connectivity index (χ0) is 22.7. The second-order valence-corrected chi connectivity index (χ2v) is 10.5. The summed E-state index contributed by atoms with van der Waals surface area (Å²) in [6.45, 7) is 3.37. The van der Waals surface area contributed by atoms with Crippen LogP contribution in [0.5, 0.6) is 0 Å². The summed E-state index contributed by atoms with van der Waals surface area (Å²) in [7, 11) is -3.53. The summed E-state index contributed by atoms with van der Waals surface area (Å²) in [6.07, 6.45) is 4.03. The third kappa shape index (κ3) is 4.71. The summed E-state index contributed by atoms with van der Waals surface area (Å²) >= 11 is 0. The molecule has 2 aromatic rings. The number of aryl methyl sites for hydroxylation is 1. The molecular weight excluding hydrogens is 426 g/mol. The van der Waals surface area contributed by atoms with Gasteiger partial charge in [0.05, 0.1) is 10.8 Å². The third-order valence-corrected chi connectivity index (χ3v) is 8.14. The Hall–Kier alpha value is -2.71. The van der Waals surface area contributed by atoms with E-state index in [-0.39, 0.29) is 23.1 Å². The van der Waals surface area contributed by atoms with Crippen LogP contribution in [0, 0.1) is 12.8 Å². The van der Waals surface area contributed by atoms with Gasteiger partial charge in [-0.05, 0) is 55.7 Å². The van der Waals surface area contributed by atoms with Crippen LogP contribution in [-0.4, -0.2) is 44.2 Å². The predicted molar refractivity (Wildman–Crippen MR) is 124 cm³/mol. The molecule has 4 rings (SSSR count). The average Bonchev–Trinajstić information content (AvgIpc) is 2.98. The van der Waals surface area contributed by atoms with E-state index in [0.29, 0.717) is 25.3 Å². The Balaban J connectivity index is 1.41. The molecule has 0 aromatic heterocycles. The molecule has 8 heteroatoms. The van der Waals surface area contributed by atoms with Crippen LogP contribution in [0.15, 0.2) is 53.4 Å². The molecule has 2 aliphatic heterocycles. The first-order valence-electron chi connectivity index (χ1n) is 11.1. The molecule has 7 nitrogen and oxygen atoms in total. The molecule has 0 saturated carbocycles. The number of nitrogens with one attached hydrogen (secondary N) is 1. The van der Waals surface area contributed by atoms with Gasteiger partial charge in [-0.25, -0.2) is 8.42 Å². The Kier molecular flexibility index (Phi) is 6.62. The summed E-state index contributed by atoms with van der Waals surface area (Å²) in [4.78, 5) is 27.2. The van der Waals surface area contributed by atoms with Gasteiger partial charge in [-0.3, -0.25) is 9.59 Å². The van der Waals surface area contributed by atoms with Gasteiger partial charge in [0.25, 0.3) is 0 Å². The van der Waals surface area contributed by atoms with E-state index in [4.69, 9.17) is 0 Å². The van der Waals surface area contributed by atoms with E-state index < -0.39 is 15.9 Å². The lowest BCUT2D eigenvalue weighted by Gasteiger charge is -2.20. The van der Waals surface area contributed by atoms with Crippen LogP contribution in [0.1, 0.15) is 37.7 Å². The van der Waals surface area contributed by atoms with Crippen molar-refractivity contribution in [3.8, 4) is 0 Å². The number of carbonyl (C=O) groups is 2. The molecule has 0 bridgehead atoms. The third-order valence-electron chi connectivity index (χ3n) is 6.23. The first-order chi connectivity index (χ1) is 15.4. The van der Waals surface area contributed by atoms with Gasteiger partial charge in [0.1, 0.15) is 0 Å². The number of sulfonamides is 1. The molecule has 1 atom stereocenters. The fourth-order valence-corrected chi connectivity index (χ4v) is 5.89. The van der Waals surface area contributed by atoms with Crippen LogP contribution in [0.25, 0.3) is 0 Å². The number of anilines is 2. The maximum atomic E-state index is 12.9. The highest BCUT2D eigenvalue weighted by atomic mass is 32.2. The van der Waals surface area contributed by atoms with Crippen LogP contribution >= 0.6 is 0 Å². The van der Waals surface area contributed by atoms with Crippen molar-refractivity contribution < 1.29 is 18.0 Å². The maximum Gasteiger partial charge on any atom is 0.243 e. The SMILES string of the molecule is Cc1ccccc1N1CC(C(=O)Nc2ccc(S(=O)(=O)N3CCCCCC3)cc2)CC1=O. The van der Waals surface area contributed by atoms with Gasteiger partial charge in [-0.15, -0.1) is 0 Å². The van der Waals surface area contributed by atoms with E-state index in [1.165, 1.54) is 12.1 Å². The molecule has 0 aliphatic carbocycles. The highest BCUT2D eigenvalue weighted by molar-refractivity contribution is 7.89. The monoisotopic (exact) mass is 455 g/mol. The van der Waals surface area contributed by atoms with Crippen molar-refractivity contribution in [2.45, 2.75) is 43.9 Å². The minimum atomic E-state index is -3.53. The van der Waals surface area contributed by atoms with Crippen LogP contribution in [0.4, 0.5) is 11.4 Å². The Morgan fingerprint density at radius 3 is 2.28 bits per heavy atom. The Morgan fingerprint density at radius 1 is 0.969 bits per heavy atom. The molecule has 1 unspecified atom stereocenters. The summed E-state index contributed by atoms with van der Waals surface area (Å²) in [5.74, 6) is -0.765. The highest BCUT2D eigenvalue weighted by Gasteiger charge is 2.35. The molecular formula is C24H29N3O4S. The number of hydrogen-bond donors (Lipinski definition) is 1. The van der Waals surface area contributed by atoms with E-state index in [9.17, 15) is 18.0 Å². The highest BCUT2D eigenvalue weighted by Crippen LogP contribution is 2.29. The van der Waals surface area contributed by atoms with Gasteiger partial charge < -0.3 is 10.2 Å². The molecule has 2 aliphatic rings. The van der Waals surface area contributed by atoms with E-state index >= 15 is 0 Å². The molecule has 2 aromatic carbocycles. The molecule has 2 saturated heterocycles. The maximum absolute atomic E-state index is 12.9.